The predicted molar refractivity (Wildman–Crippen MR) is 62.3 cm³/mol. The number of hydrogen-bond donors (Lipinski definition) is 1. The van der Waals surface area contributed by atoms with Crippen LogP contribution in [-0.2, 0) is 0 Å². The number of hydrogen-bond acceptors (Lipinski definition) is 2. The summed E-state index contributed by atoms with van der Waals surface area (Å²) in [5, 5.41) is 0. The first kappa shape index (κ1) is 12.0. The fourth-order valence-electron chi connectivity index (χ4n) is 3.18. The zero-order chi connectivity index (χ0) is 10.8. The summed E-state index contributed by atoms with van der Waals surface area (Å²) in [7, 11) is 0. The first-order chi connectivity index (χ1) is 6.55. The summed E-state index contributed by atoms with van der Waals surface area (Å²) in [4.78, 5) is 2.59. The lowest BCUT2D eigenvalue weighted by Gasteiger charge is -2.43. The van der Waals surface area contributed by atoms with Gasteiger partial charge >= 0.3 is 0 Å². The molecule has 2 heteroatoms. The maximum Gasteiger partial charge on any atom is 0.0336 e. The van der Waals surface area contributed by atoms with Gasteiger partial charge in [0.2, 0.25) is 0 Å². The quantitative estimate of drug-likeness (QED) is 0.750. The summed E-state index contributed by atoms with van der Waals surface area (Å²) >= 11 is 0. The van der Waals surface area contributed by atoms with Gasteiger partial charge in [-0.2, -0.15) is 0 Å². The maximum absolute atomic E-state index is 6.00. The standard InChI is InChI=1S/C12H26N2/c1-5-14(10(2)3)12(9-13)7-6-11(4)8-12/h10-11H,5-9,13H2,1-4H3. The zero-order valence-corrected chi connectivity index (χ0v) is 10.2. The van der Waals surface area contributed by atoms with Crippen LogP contribution >= 0.6 is 0 Å². The molecule has 1 rings (SSSR count). The zero-order valence-electron chi connectivity index (χ0n) is 10.2. The van der Waals surface area contributed by atoms with Crippen molar-refractivity contribution in [3.8, 4) is 0 Å². The van der Waals surface area contributed by atoms with E-state index in [1.165, 1.54) is 19.3 Å². The highest BCUT2D eigenvalue weighted by Crippen LogP contribution is 2.39. The lowest BCUT2D eigenvalue weighted by atomic mass is 9.92. The van der Waals surface area contributed by atoms with Crippen molar-refractivity contribution in [2.45, 2.75) is 58.5 Å². The molecule has 0 aromatic carbocycles. The van der Waals surface area contributed by atoms with Gasteiger partial charge in [0.25, 0.3) is 0 Å². The van der Waals surface area contributed by atoms with Gasteiger partial charge in [-0.25, -0.2) is 0 Å². The Morgan fingerprint density at radius 2 is 2.14 bits per heavy atom. The van der Waals surface area contributed by atoms with E-state index < -0.39 is 0 Å². The van der Waals surface area contributed by atoms with E-state index in [0.29, 0.717) is 11.6 Å². The monoisotopic (exact) mass is 198 g/mol. The molecular formula is C12H26N2. The van der Waals surface area contributed by atoms with Crippen LogP contribution in [0.15, 0.2) is 0 Å². The Morgan fingerprint density at radius 1 is 1.50 bits per heavy atom. The summed E-state index contributed by atoms with van der Waals surface area (Å²) in [6.45, 7) is 11.1. The molecule has 1 aliphatic rings. The van der Waals surface area contributed by atoms with Gasteiger partial charge in [0.15, 0.2) is 0 Å². The second kappa shape index (κ2) is 4.63. The van der Waals surface area contributed by atoms with E-state index in [4.69, 9.17) is 5.73 Å². The summed E-state index contributed by atoms with van der Waals surface area (Å²) in [6.07, 6.45) is 3.92. The Balaban J connectivity index is 2.77. The van der Waals surface area contributed by atoms with Crippen molar-refractivity contribution in [2.75, 3.05) is 13.1 Å². The van der Waals surface area contributed by atoms with Gasteiger partial charge in [-0.05, 0) is 45.6 Å². The smallest absolute Gasteiger partial charge is 0.0336 e. The van der Waals surface area contributed by atoms with Crippen molar-refractivity contribution in [3.05, 3.63) is 0 Å². The molecule has 2 atom stereocenters. The number of rotatable bonds is 4. The van der Waals surface area contributed by atoms with Gasteiger partial charge in [0.1, 0.15) is 0 Å². The predicted octanol–water partition coefficient (Wildman–Crippen LogP) is 2.23. The highest BCUT2D eigenvalue weighted by molar-refractivity contribution is 4.98. The lowest BCUT2D eigenvalue weighted by Crippen LogP contribution is -2.55. The highest BCUT2D eigenvalue weighted by Gasteiger charge is 2.41. The van der Waals surface area contributed by atoms with E-state index in [-0.39, 0.29) is 0 Å². The van der Waals surface area contributed by atoms with Gasteiger partial charge in [0.05, 0.1) is 0 Å². The van der Waals surface area contributed by atoms with Gasteiger partial charge in [-0.15, -0.1) is 0 Å². The minimum atomic E-state index is 0.308. The molecule has 0 aliphatic heterocycles. The molecule has 2 nitrogen and oxygen atoms in total. The van der Waals surface area contributed by atoms with Crippen LogP contribution < -0.4 is 5.73 Å². The molecular weight excluding hydrogens is 172 g/mol. The summed E-state index contributed by atoms with van der Waals surface area (Å²) in [5.74, 6) is 0.853. The fraction of sp³-hybridized carbons (Fsp3) is 1.00. The van der Waals surface area contributed by atoms with E-state index in [2.05, 4.69) is 32.6 Å². The third-order valence-electron chi connectivity index (χ3n) is 3.78. The Hall–Kier alpha value is -0.0800. The Morgan fingerprint density at radius 3 is 2.43 bits per heavy atom. The molecule has 0 heterocycles. The summed E-state index contributed by atoms with van der Waals surface area (Å²) < 4.78 is 0. The van der Waals surface area contributed by atoms with E-state index in [1.54, 1.807) is 0 Å². The largest absolute Gasteiger partial charge is 0.329 e. The molecule has 0 amide bonds. The molecule has 0 aromatic heterocycles. The molecule has 2 unspecified atom stereocenters. The second-order valence-electron chi connectivity index (χ2n) is 5.16. The Labute approximate surface area is 88.8 Å². The SMILES string of the molecule is CCN(C(C)C)C1(CN)CCC(C)C1. The molecule has 0 bridgehead atoms. The van der Waals surface area contributed by atoms with Crippen LogP contribution in [0.5, 0.6) is 0 Å². The van der Waals surface area contributed by atoms with Crippen LogP contribution in [0, 0.1) is 5.92 Å². The molecule has 0 aromatic rings. The van der Waals surface area contributed by atoms with Crippen LogP contribution in [0.25, 0.3) is 0 Å². The fourth-order valence-corrected chi connectivity index (χ4v) is 3.18. The molecule has 2 N–H and O–H groups in total. The number of likely N-dealkylation sites (N-methyl/N-ethyl adjacent to an activating group) is 1. The van der Waals surface area contributed by atoms with Crippen LogP contribution in [0.1, 0.15) is 47.0 Å². The van der Waals surface area contributed by atoms with Crippen LogP contribution in [-0.4, -0.2) is 29.6 Å². The molecule has 0 spiro atoms. The van der Waals surface area contributed by atoms with E-state index in [0.717, 1.165) is 19.0 Å². The van der Waals surface area contributed by atoms with Crippen molar-refractivity contribution in [1.82, 2.24) is 4.90 Å². The number of nitrogens with zero attached hydrogens (tertiary/aromatic N) is 1. The Bertz CT molecular complexity index is 179. The first-order valence-corrected chi connectivity index (χ1v) is 6.02. The normalized spacial score (nSPS) is 33.2. The molecule has 14 heavy (non-hydrogen) atoms. The third-order valence-corrected chi connectivity index (χ3v) is 3.78. The third kappa shape index (κ3) is 2.12. The molecule has 1 saturated carbocycles. The first-order valence-electron chi connectivity index (χ1n) is 6.02. The molecule has 1 aliphatic carbocycles. The summed E-state index contributed by atoms with van der Waals surface area (Å²) in [5.41, 5.74) is 6.31. The lowest BCUT2D eigenvalue weighted by molar-refractivity contribution is 0.0695. The van der Waals surface area contributed by atoms with Gasteiger partial charge in [-0.3, -0.25) is 4.90 Å². The number of nitrogens with two attached hydrogens (primary N) is 1. The van der Waals surface area contributed by atoms with Crippen molar-refractivity contribution in [3.63, 3.8) is 0 Å². The van der Waals surface area contributed by atoms with Gasteiger partial charge in [-0.1, -0.05) is 13.8 Å². The average molecular weight is 198 g/mol. The van der Waals surface area contributed by atoms with Crippen molar-refractivity contribution in [2.24, 2.45) is 11.7 Å². The minimum Gasteiger partial charge on any atom is -0.329 e. The molecule has 1 fully saturated rings. The van der Waals surface area contributed by atoms with Crippen LogP contribution in [0.4, 0.5) is 0 Å². The minimum absolute atomic E-state index is 0.308. The van der Waals surface area contributed by atoms with Crippen molar-refractivity contribution in [1.29, 1.82) is 0 Å². The van der Waals surface area contributed by atoms with Crippen LogP contribution in [0.2, 0.25) is 0 Å². The van der Waals surface area contributed by atoms with E-state index in [9.17, 15) is 0 Å². The van der Waals surface area contributed by atoms with E-state index in [1.807, 2.05) is 0 Å². The summed E-state index contributed by atoms with van der Waals surface area (Å²) in [6, 6.07) is 0.619. The highest BCUT2D eigenvalue weighted by atomic mass is 15.2. The van der Waals surface area contributed by atoms with Crippen molar-refractivity contribution < 1.29 is 0 Å². The second-order valence-corrected chi connectivity index (χ2v) is 5.16. The maximum atomic E-state index is 6.00. The van der Waals surface area contributed by atoms with Gasteiger partial charge < -0.3 is 5.73 Å². The molecule has 0 radical (unpaired) electrons. The molecule has 0 saturated heterocycles. The van der Waals surface area contributed by atoms with Gasteiger partial charge in [0, 0.05) is 18.1 Å². The molecule has 84 valence electrons. The van der Waals surface area contributed by atoms with Crippen molar-refractivity contribution >= 4 is 0 Å². The topological polar surface area (TPSA) is 29.3 Å². The van der Waals surface area contributed by atoms with E-state index >= 15 is 0 Å². The average Bonchev–Trinajstić information content (AvgIpc) is 2.49. The van der Waals surface area contributed by atoms with Crippen LogP contribution in [0.3, 0.4) is 0 Å². The Kier molecular flexibility index (Phi) is 3.96.